The molecule has 0 unspecified atom stereocenters. The molecule has 0 spiro atoms. The molecule has 3 aromatic rings. The minimum Gasteiger partial charge on any atom is -0.381 e. The predicted molar refractivity (Wildman–Crippen MR) is 121 cm³/mol. The van der Waals surface area contributed by atoms with Crippen molar-refractivity contribution in [2.75, 3.05) is 31.2 Å². The van der Waals surface area contributed by atoms with Gasteiger partial charge in [0.1, 0.15) is 17.2 Å². The Hall–Kier alpha value is -2.58. The molecular formula is C24H30FN5O2. The molecule has 2 fully saturated rings. The van der Waals surface area contributed by atoms with E-state index in [-0.39, 0.29) is 5.82 Å². The molecule has 5 rings (SSSR count). The number of nitrogens with zero attached hydrogens (tertiary/aromatic N) is 4. The lowest BCUT2D eigenvalue weighted by atomic mass is 10.00. The highest BCUT2D eigenvalue weighted by molar-refractivity contribution is 5.93. The minimum absolute atomic E-state index is 0.284. The quantitative estimate of drug-likeness (QED) is 0.645. The molecular weight excluding hydrogens is 409 g/mol. The van der Waals surface area contributed by atoms with Gasteiger partial charge in [0.25, 0.3) is 5.89 Å². The highest BCUT2D eigenvalue weighted by Gasteiger charge is 2.31. The number of pyridine rings is 1. The van der Waals surface area contributed by atoms with E-state index in [0.29, 0.717) is 29.3 Å². The monoisotopic (exact) mass is 439 g/mol. The third-order valence-corrected chi connectivity index (χ3v) is 6.67. The Bertz CT molecular complexity index is 1130. The first-order chi connectivity index (χ1) is 15.5. The van der Waals surface area contributed by atoms with Gasteiger partial charge in [-0.3, -0.25) is 0 Å². The van der Waals surface area contributed by atoms with Gasteiger partial charge in [0.05, 0.1) is 5.56 Å². The fourth-order valence-electron chi connectivity index (χ4n) is 4.89. The molecule has 0 aliphatic carbocycles. The summed E-state index contributed by atoms with van der Waals surface area (Å²) in [5.74, 6) is 1.44. The van der Waals surface area contributed by atoms with Gasteiger partial charge >= 0.3 is 0 Å². The Labute approximate surface area is 187 Å². The Balaban J connectivity index is 1.54. The summed E-state index contributed by atoms with van der Waals surface area (Å²) in [6.07, 6.45) is 3.85. The van der Waals surface area contributed by atoms with E-state index in [4.69, 9.17) is 14.2 Å². The molecule has 4 heterocycles. The number of halogens is 1. The Kier molecular flexibility index (Phi) is 5.82. The van der Waals surface area contributed by atoms with Crippen LogP contribution in [0.4, 0.5) is 10.2 Å². The van der Waals surface area contributed by atoms with Crippen molar-refractivity contribution in [2.45, 2.75) is 58.5 Å². The van der Waals surface area contributed by atoms with Crippen molar-refractivity contribution in [2.24, 2.45) is 0 Å². The van der Waals surface area contributed by atoms with Crippen LogP contribution >= 0.6 is 0 Å². The number of anilines is 1. The zero-order valence-corrected chi connectivity index (χ0v) is 18.9. The van der Waals surface area contributed by atoms with E-state index in [1.807, 2.05) is 19.9 Å². The SMILES string of the molecule is CCc1cc(F)c2nc(N3CC[C@@H](NC4CCOCC4)C3)c(-c3nc(C)no3)c(C)c2c1. The number of fused-ring (bicyclic) bond motifs is 1. The molecule has 0 saturated carbocycles. The van der Waals surface area contributed by atoms with Gasteiger partial charge in [0, 0.05) is 43.8 Å². The molecule has 0 bridgehead atoms. The molecule has 2 saturated heterocycles. The zero-order valence-electron chi connectivity index (χ0n) is 18.9. The maximum absolute atomic E-state index is 15.0. The molecule has 2 aromatic heterocycles. The summed E-state index contributed by atoms with van der Waals surface area (Å²) in [5.41, 5.74) is 3.07. The predicted octanol–water partition coefficient (Wildman–Crippen LogP) is 3.95. The molecule has 1 atom stereocenters. The average molecular weight is 440 g/mol. The lowest BCUT2D eigenvalue weighted by Gasteiger charge is -2.27. The van der Waals surface area contributed by atoms with Crippen LogP contribution in [-0.2, 0) is 11.2 Å². The molecule has 1 N–H and O–H groups in total. The van der Waals surface area contributed by atoms with Crippen LogP contribution < -0.4 is 10.2 Å². The van der Waals surface area contributed by atoms with Crippen LogP contribution in [0, 0.1) is 19.7 Å². The van der Waals surface area contributed by atoms with Crippen molar-refractivity contribution >= 4 is 16.7 Å². The van der Waals surface area contributed by atoms with Gasteiger partial charge in [0.15, 0.2) is 5.82 Å². The minimum atomic E-state index is -0.284. The molecule has 0 amide bonds. The topological polar surface area (TPSA) is 76.3 Å². The van der Waals surface area contributed by atoms with Gasteiger partial charge in [-0.15, -0.1) is 0 Å². The molecule has 8 heteroatoms. The second kappa shape index (κ2) is 8.75. The van der Waals surface area contributed by atoms with Crippen LogP contribution in [0.3, 0.4) is 0 Å². The third kappa shape index (κ3) is 3.97. The number of nitrogens with one attached hydrogen (secondary N) is 1. The molecule has 2 aliphatic heterocycles. The van der Waals surface area contributed by atoms with Gasteiger partial charge in [-0.05, 0) is 62.8 Å². The second-order valence-corrected chi connectivity index (χ2v) is 8.89. The summed E-state index contributed by atoms with van der Waals surface area (Å²) in [6.45, 7) is 9.11. The third-order valence-electron chi connectivity index (χ3n) is 6.67. The summed E-state index contributed by atoms with van der Waals surface area (Å²) in [7, 11) is 0. The van der Waals surface area contributed by atoms with Crippen molar-refractivity contribution in [3.63, 3.8) is 0 Å². The van der Waals surface area contributed by atoms with Crippen LogP contribution in [0.1, 0.15) is 43.1 Å². The Morgan fingerprint density at radius 3 is 2.66 bits per heavy atom. The fraction of sp³-hybridized carbons (Fsp3) is 0.542. The highest BCUT2D eigenvalue weighted by Crippen LogP contribution is 2.38. The number of benzene rings is 1. The van der Waals surface area contributed by atoms with E-state index in [9.17, 15) is 0 Å². The van der Waals surface area contributed by atoms with E-state index in [1.54, 1.807) is 13.0 Å². The van der Waals surface area contributed by atoms with E-state index in [0.717, 1.165) is 79.9 Å². The number of hydrogen-bond donors (Lipinski definition) is 1. The number of hydrogen-bond acceptors (Lipinski definition) is 7. The van der Waals surface area contributed by atoms with Gasteiger partial charge in [-0.1, -0.05) is 12.1 Å². The van der Waals surface area contributed by atoms with E-state index in [2.05, 4.69) is 20.4 Å². The smallest absolute Gasteiger partial charge is 0.261 e. The number of aromatic nitrogens is 3. The van der Waals surface area contributed by atoms with Gasteiger partial charge in [0.2, 0.25) is 0 Å². The van der Waals surface area contributed by atoms with Gasteiger partial charge < -0.3 is 19.5 Å². The Morgan fingerprint density at radius 1 is 1.12 bits per heavy atom. The normalized spacial score (nSPS) is 19.9. The van der Waals surface area contributed by atoms with Gasteiger partial charge in [-0.25, -0.2) is 9.37 Å². The Morgan fingerprint density at radius 2 is 1.94 bits per heavy atom. The molecule has 0 radical (unpaired) electrons. The number of aryl methyl sites for hydroxylation is 3. The molecule has 7 nitrogen and oxygen atoms in total. The summed E-state index contributed by atoms with van der Waals surface area (Å²) >= 11 is 0. The van der Waals surface area contributed by atoms with Crippen LogP contribution in [0.5, 0.6) is 0 Å². The summed E-state index contributed by atoms with van der Waals surface area (Å²) in [5, 5.41) is 8.58. The van der Waals surface area contributed by atoms with Crippen molar-refractivity contribution in [3.05, 3.63) is 34.9 Å². The average Bonchev–Trinajstić information content (AvgIpc) is 3.43. The summed E-state index contributed by atoms with van der Waals surface area (Å²) < 4.78 is 26.1. The summed E-state index contributed by atoms with van der Waals surface area (Å²) in [6, 6.07) is 4.47. The van der Waals surface area contributed by atoms with E-state index in [1.165, 1.54) is 0 Å². The lowest BCUT2D eigenvalue weighted by molar-refractivity contribution is 0.0755. The molecule has 32 heavy (non-hydrogen) atoms. The first-order valence-corrected chi connectivity index (χ1v) is 11.6. The summed E-state index contributed by atoms with van der Waals surface area (Å²) in [4.78, 5) is 11.6. The first kappa shape index (κ1) is 21.3. The number of ether oxygens (including phenoxy) is 1. The fourth-order valence-corrected chi connectivity index (χ4v) is 4.89. The van der Waals surface area contributed by atoms with E-state index < -0.39 is 0 Å². The van der Waals surface area contributed by atoms with E-state index >= 15 is 4.39 Å². The zero-order chi connectivity index (χ0) is 22.2. The lowest BCUT2D eigenvalue weighted by Crippen LogP contribution is -2.43. The van der Waals surface area contributed by atoms with Crippen molar-refractivity contribution in [3.8, 4) is 11.5 Å². The second-order valence-electron chi connectivity index (χ2n) is 8.89. The highest BCUT2D eigenvalue weighted by atomic mass is 19.1. The van der Waals surface area contributed by atoms with Crippen molar-refractivity contribution in [1.82, 2.24) is 20.4 Å². The van der Waals surface area contributed by atoms with Crippen LogP contribution in [-0.4, -0.2) is 53.5 Å². The standard InChI is InChI=1S/C24H30FN5O2/c1-4-16-11-19-14(2)21(24-26-15(3)29-32-24)23(28-22(19)20(25)12-16)30-8-5-18(13-30)27-17-6-9-31-10-7-17/h11-12,17-18,27H,4-10,13H2,1-3H3/t18-/m1/s1. The van der Waals surface area contributed by atoms with Crippen molar-refractivity contribution in [1.29, 1.82) is 0 Å². The number of rotatable bonds is 5. The maximum atomic E-state index is 15.0. The van der Waals surface area contributed by atoms with Crippen LogP contribution in [0.25, 0.3) is 22.4 Å². The van der Waals surface area contributed by atoms with Crippen molar-refractivity contribution < 1.29 is 13.7 Å². The van der Waals surface area contributed by atoms with Gasteiger partial charge in [-0.2, -0.15) is 4.98 Å². The largest absolute Gasteiger partial charge is 0.381 e. The van der Waals surface area contributed by atoms with Crippen LogP contribution in [0.15, 0.2) is 16.7 Å². The maximum Gasteiger partial charge on any atom is 0.261 e. The molecule has 2 aliphatic rings. The molecule has 1 aromatic carbocycles. The first-order valence-electron chi connectivity index (χ1n) is 11.6. The van der Waals surface area contributed by atoms with Crippen LogP contribution in [0.2, 0.25) is 0 Å². The molecule has 170 valence electrons.